The lowest BCUT2D eigenvalue weighted by Crippen LogP contribution is -2.21. The number of rotatable bonds is 4. The minimum atomic E-state index is -0.805. The van der Waals surface area contributed by atoms with Gasteiger partial charge < -0.3 is 15.8 Å². The van der Waals surface area contributed by atoms with Crippen LogP contribution in [0.15, 0.2) is 36.4 Å². The van der Waals surface area contributed by atoms with E-state index in [1.165, 1.54) is 6.07 Å². The van der Waals surface area contributed by atoms with E-state index in [1.54, 1.807) is 25.1 Å². The Morgan fingerprint density at radius 1 is 1.30 bits per heavy atom. The van der Waals surface area contributed by atoms with Gasteiger partial charge in [0.1, 0.15) is 5.82 Å². The molecule has 5 nitrogen and oxygen atoms in total. The molecule has 3 N–H and O–H groups in total. The molecule has 0 bridgehead atoms. The smallest absolute Gasteiger partial charge is 0.340 e. The van der Waals surface area contributed by atoms with E-state index in [-0.39, 0.29) is 11.3 Å². The number of carbonyl (C=O) groups excluding carboxylic acids is 2. The standard InChI is InChI=1S/C16H14ClFN2O3/c1-9-12(17)3-2-4-14(9)20-15(21)8-23-16(22)11-6-5-10(18)7-13(11)19/h2-7H,8,19H2,1H3,(H,20,21). The molecule has 0 heterocycles. The van der Waals surface area contributed by atoms with E-state index < -0.39 is 24.3 Å². The largest absolute Gasteiger partial charge is 0.452 e. The van der Waals surface area contributed by atoms with Crippen molar-refractivity contribution in [3.8, 4) is 0 Å². The van der Waals surface area contributed by atoms with Crippen LogP contribution in [0, 0.1) is 12.7 Å². The molecule has 2 aromatic carbocycles. The van der Waals surface area contributed by atoms with Gasteiger partial charge in [0.05, 0.1) is 5.56 Å². The number of anilines is 2. The van der Waals surface area contributed by atoms with Gasteiger partial charge in [-0.25, -0.2) is 9.18 Å². The molecule has 0 unspecified atom stereocenters. The summed E-state index contributed by atoms with van der Waals surface area (Å²) in [5.74, 6) is -1.89. The maximum absolute atomic E-state index is 12.9. The first-order chi connectivity index (χ1) is 10.9. The molecule has 0 spiro atoms. The average molecular weight is 337 g/mol. The highest BCUT2D eigenvalue weighted by molar-refractivity contribution is 6.31. The monoisotopic (exact) mass is 336 g/mol. The molecule has 0 atom stereocenters. The number of benzene rings is 2. The van der Waals surface area contributed by atoms with Crippen LogP contribution in [0.2, 0.25) is 5.02 Å². The first-order valence-electron chi connectivity index (χ1n) is 6.65. The van der Waals surface area contributed by atoms with E-state index in [9.17, 15) is 14.0 Å². The summed E-state index contributed by atoms with van der Waals surface area (Å²) in [4.78, 5) is 23.7. The zero-order valence-electron chi connectivity index (χ0n) is 12.2. The van der Waals surface area contributed by atoms with Crippen molar-refractivity contribution in [3.63, 3.8) is 0 Å². The lowest BCUT2D eigenvalue weighted by Gasteiger charge is -2.10. The number of nitrogens with one attached hydrogen (secondary N) is 1. The van der Waals surface area contributed by atoms with E-state index in [0.29, 0.717) is 16.3 Å². The molecule has 23 heavy (non-hydrogen) atoms. The van der Waals surface area contributed by atoms with Crippen molar-refractivity contribution < 1.29 is 18.7 Å². The summed E-state index contributed by atoms with van der Waals surface area (Å²) in [5.41, 5.74) is 6.71. The van der Waals surface area contributed by atoms with Gasteiger partial charge in [-0.05, 0) is 42.8 Å². The number of hydrogen-bond donors (Lipinski definition) is 2. The molecule has 0 aliphatic carbocycles. The van der Waals surface area contributed by atoms with Gasteiger partial charge in [-0.3, -0.25) is 4.79 Å². The van der Waals surface area contributed by atoms with Crippen molar-refractivity contribution in [2.24, 2.45) is 0 Å². The summed E-state index contributed by atoms with van der Waals surface area (Å²) in [5, 5.41) is 3.10. The predicted octanol–water partition coefficient (Wildman–Crippen LogP) is 3.17. The normalized spacial score (nSPS) is 10.2. The quantitative estimate of drug-likeness (QED) is 0.663. The minimum absolute atomic E-state index is 0.00173. The van der Waals surface area contributed by atoms with Gasteiger partial charge in [-0.15, -0.1) is 0 Å². The molecule has 0 aromatic heterocycles. The van der Waals surface area contributed by atoms with Crippen LogP contribution in [0.1, 0.15) is 15.9 Å². The lowest BCUT2D eigenvalue weighted by atomic mass is 10.2. The molecule has 0 radical (unpaired) electrons. The van der Waals surface area contributed by atoms with Crippen LogP contribution in [0.3, 0.4) is 0 Å². The lowest BCUT2D eigenvalue weighted by molar-refractivity contribution is -0.119. The van der Waals surface area contributed by atoms with E-state index in [1.807, 2.05) is 0 Å². The zero-order chi connectivity index (χ0) is 17.0. The summed E-state index contributed by atoms with van der Waals surface area (Å²) in [6.07, 6.45) is 0. The number of carbonyl (C=O) groups is 2. The van der Waals surface area contributed by atoms with Crippen LogP contribution in [-0.2, 0) is 9.53 Å². The van der Waals surface area contributed by atoms with Crippen molar-refractivity contribution in [2.75, 3.05) is 17.7 Å². The fourth-order valence-corrected chi connectivity index (χ4v) is 2.03. The van der Waals surface area contributed by atoms with E-state index >= 15 is 0 Å². The Hall–Kier alpha value is -2.60. The number of esters is 1. The highest BCUT2D eigenvalue weighted by Crippen LogP contribution is 2.22. The molecule has 7 heteroatoms. The molecular formula is C16H14ClFN2O3. The van der Waals surface area contributed by atoms with Gasteiger partial charge in [0, 0.05) is 16.4 Å². The van der Waals surface area contributed by atoms with Gasteiger partial charge in [-0.1, -0.05) is 17.7 Å². The second kappa shape index (κ2) is 7.11. The van der Waals surface area contributed by atoms with Crippen molar-refractivity contribution in [3.05, 3.63) is 58.4 Å². The average Bonchev–Trinajstić information content (AvgIpc) is 2.49. The third-order valence-corrected chi connectivity index (χ3v) is 3.52. The first-order valence-corrected chi connectivity index (χ1v) is 7.03. The Labute approximate surface area is 137 Å². The minimum Gasteiger partial charge on any atom is -0.452 e. The van der Waals surface area contributed by atoms with Crippen molar-refractivity contribution >= 4 is 34.9 Å². The summed E-state index contributed by atoms with van der Waals surface area (Å²) < 4.78 is 17.8. The molecule has 0 aliphatic rings. The molecule has 2 rings (SSSR count). The Morgan fingerprint density at radius 2 is 2.04 bits per heavy atom. The number of hydrogen-bond acceptors (Lipinski definition) is 4. The Balaban J connectivity index is 1.96. The fraction of sp³-hybridized carbons (Fsp3) is 0.125. The van der Waals surface area contributed by atoms with Crippen molar-refractivity contribution in [1.82, 2.24) is 0 Å². The van der Waals surface area contributed by atoms with Crippen LogP contribution >= 0.6 is 11.6 Å². The molecule has 0 saturated carbocycles. The molecule has 1 amide bonds. The summed E-state index contributed by atoms with van der Waals surface area (Å²) in [6.45, 7) is 1.25. The van der Waals surface area contributed by atoms with Crippen LogP contribution in [0.5, 0.6) is 0 Å². The van der Waals surface area contributed by atoms with Crippen molar-refractivity contribution in [2.45, 2.75) is 6.92 Å². The van der Waals surface area contributed by atoms with Crippen LogP contribution in [-0.4, -0.2) is 18.5 Å². The number of ether oxygens (including phenoxy) is 1. The topological polar surface area (TPSA) is 81.4 Å². The van der Waals surface area contributed by atoms with Gasteiger partial charge in [0.2, 0.25) is 0 Å². The van der Waals surface area contributed by atoms with Crippen LogP contribution in [0.4, 0.5) is 15.8 Å². The highest BCUT2D eigenvalue weighted by Gasteiger charge is 2.14. The third kappa shape index (κ3) is 4.20. The Kier molecular flexibility index (Phi) is 5.18. The number of nitrogen functional groups attached to an aromatic ring is 1. The number of halogens is 2. The van der Waals surface area contributed by atoms with E-state index in [2.05, 4.69) is 5.32 Å². The first kappa shape index (κ1) is 16.8. The van der Waals surface area contributed by atoms with E-state index in [0.717, 1.165) is 12.1 Å². The van der Waals surface area contributed by atoms with Crippen LogP contribution in [0.25, 0.3) is 0 Å². The predicted molar refractivity (Wildman–Crippen MR) is 85.9 cm³/mol. The fourth-order valence-electron chi connectivity index (χ4n) is 1.86. The molecule has 0 fully saturated rings. The molecule has 2 aromatic rings. The second-order valence-corrected chi connectivity index (χ2v) is 5.18. The Morgan fingerprint density at radius 3 is 2.74 bits per heavy atom. The van der Waals surface area contributed by atoms with Gasteiger partial charge in [0.25, 0.3) is 5.91 Å². The summed E-state index contributed by atoms with van der Waals surface area (Å²) in [6, 6.07) is 8.36. The van der Waals surface area contributed by atoms with Gasteiger partial charge in [-0.2, -0.15) is 0 Å². The second-order valence-electron chi connectivity index (χ2n) is 4.77. The maximum atomic E-state index is 12.9. The highest BCUT2D eigenvalue weighted by atomic mass is 35.5. The summed E-state index contributed by atoms with van der Waals surface area (Å²) >= 11 is 5.95. The molecule has 120 valence electrons. The van der Waals surface area contributed by atoms with E-state index in [4.69, 9.17) is 22.1 Å². The SMILES string of the molecule is Cc1c(Cl)cccc1NC(=O)COC(=O)c1ccc(F)cc1N. The molecule has 0 aliphatic heterocycles. The molecular weight excluding hydrogens is 323 g/mol. The van der Waals surface area contributed by atoms with Gasteiger partial charge in [0.15, 0.2) is 6.61 Å². The zero-order valence-corrected chi connectivity index (χ0v) is 13.0. The van der Waals surface area contributed by atoms with Crippen LogP contribution < -0.4 is 11.1 Å². The van der Waals surface area contributed by atoms with Gasteiger partial charge >= 0.3 is 5.97 Å². The maximum Gasteiger partial charge on any atom is 0.340 e. The number of amides is 1. The van der Waals surface area contributed by atoms with Crippen molar-refractivity contribution in [1.29, 1.82) is 0 Å². The Bertz CT molecular complexity index is 765. The molecule has 0 saturated heterocycles. The number of nitrogens with two attached hydrogens (primary N) is 1. The third-order valence-electron chi connectivity index (χ3n) is 3.11. The summed E-state index contributed by atoms with van der Waals surface area (Å²) in [7, 11) is 0.